The summed E-state index contributed by atoms with van der Waals surface area (Å²) >= 11 is 3.52. The van der Waals surface area contributed by atoms with Crippen molar-refractivity contribution >= 4 is 33.2 Å². The maximum Gasteiger partial charge on any atom is 0.228 e. The second-order valence-electron chi connectivity index (χ2n) is 4.35. The summed E-state index contributed by atoms with van der Waals surface area (Å²) in [6.07, 6.45) is 0.524. The summed E-state index contributed by atoms with van der Waals surface area (Å²) in [4.78, 5) is 13.6. The monoisotopic (exact) mass is 282 g/mol. The van der Waals surface area contributed by atoms with Crippen LogP contribution in [0.15, 0.2) is 16.6 Å². The molecule has 1 aliphatic rings. The summed E-state index contributed by atoms with van der Waals surface area (Å²) in [5.74, 6) is 0.142. The maximum atomic E-state index is 11.9. The van der Waals surface area contributed by atoms with E-state index >= 15 is 0 Å². The van der Waals surface area contributed by atoms with Crippen molar-refractivity contribution < 1.29 is 4.79 Å². The molecule has 1 aliphatic heterocycles. The Morgan fingerprint density at radius 1 is 1.50 bits per heavy atom. The lowest BCUT2D eigenvalue weighted by Crippen LogP contribution is -2.27. The molecule has 1 unspecified atom stereocenters. The van der Waals surface area contributed by atoms with Gasteiger partial charge in [-0.05, 0) is 47.5 Å². The van der Waals surface area contributed by atoms with Crippen LogP contribution in [0.5, 0.6) is 0 Å². The van der Waals surface area contributed by atoms with Crippen molar-refractivity contribution in [1.29, 1.82) is 0 Å². The number of nitrogens with one attached hydrogen (secondary N) is 1. The zero-order chi connectivity index (χ0) is 11.9. The first kappa shape index (κ1) is 11.5. The quantitative estimate of drug-likeness (QED) is 0.794. The molecule has 0 saturated heterocycles. The number of fused-ring (bicyclic) bond motifs is 1. The lowest BCUT2D eigenvalue weighted by Gasteiger charge is -2.19. The van der Waals surface area contributed by atoms with Crippen LogP contribution in [-0.2, 0) is 4.79 Å². The Morgan fingerprint density at radius 2 is 2.19 bits per heavy atom. The van der Waals surface area contributed by atoms with Gasteiger partial charge >= 0.3 is 0 Å². The third-order valence-corrected chi connectivity index (χ3v) is 3.40. The van der Waals surface area contributed by atoms with Gasteiger partial charge in [-0.25, -0.2) is 0 Å². The van der Waals surface area contributed by atoms with Crippen molar-refractivity contribution in [3.05, 3.63) is 22.2 Å². The Kier molecular flexibility index (Phi) is 2.93. The number of benzene rings is 1. The largest absolute Gasteiger partial charge is 0.380 e. The molecule has 0 aromatic heterocycles. The smallest absolute Gasteiger partial charge is 0.228 e. The van der Waals surface area contributed by atoms with Crippen LogP contribution < -0.4 is 10.2 Å². The number of nitrogens with zero attached hydrogens (tertiary/aromatic N) is 1. The number of carbonyl (C=O) groups is 1. The molecular formula is C12H15BrN2O. The van der Waals surface area contributed by atoms with Gasteiger partial charge in [0.05, 0.1) is 11.4 Å². The number of halogens is 1. The Morgan fingerprint density at radius 3 is 2.88 bits per heavy atom. The summed E-state index contributed by atoms with van der Waals surface area (Å²) in [5, 5.41) is 3.37. The van der Waals surface area contributed by atoms with Gasteiger partial charge in [0.15, 0.2) is 0 Å². The number of carbonyl (C=O) groups excluding carboxylic acids is 1. The van der Waals surface area contributed by atoms with Crippen LogP contribution in [0.3, 0.4) is 0 Å². The number of rotatable bonds is 0. The standard InChI is InChI=1S/C12H15BrN2O/c1-7-4-9(13)12-10(5-7)14-8(2)6-11(16)15(12)3/h4-5,8,14H,6H2,1-3H3. The highest BCUT2D eigenvalue weighted by Crippen LogP contribution is 2.37. The molecule has 2 rings (SSSR count). The maximum absolute atomic E-state index is 11.9. The first-order chi connectivity index (χ1) is 7.49. The molecule has 0 radical (unpaired) electrons. The predicted molar refractivity (Wildman–Crippen MR) is 70.0 cm³/mol. The van der Waals surface area contributed by atoms with Gasteiger partial charge in [-0.15, -0.1) is 0 Å². The number of amides is 1. The second kappa shape index (κ2) is 4.09. The minimum atomic E-state index is 0.142. The number of hydrogen-bond acceptors (Lipinski definition) is 2. The van der Waals surface area contributed by atoms with Crippen LogP contribution in [0, 0.1) is 6.92 Å². The fourth-order valence-corrected chi connectivity index (χ4v) is 2.87. The van der Waals surface area contributed by atoms with E-state index in [1.165, 1.54) is 5.56 Å². The Balaban J connectivity index is 2.59. The van der Waals surface area contributed by atoms with Crippen molar-refractivity contribution in [3.63, 3.8) is 0 Å². The number of anilines is 2. The summed E-state index contributed by atoms with van der Waals surface area (Å²) in [5.41, 5.74) is 3.13. The molecule has 0 fully saturated rings. The predicted octanol–water partition coefficient (Wildman–Crippen LogP) is 2.92. The van der Waals surface area contributed by atoms with Gasteiger partial charge in [-0.1, -0.05) is 0 Å². The third kappa shape index (κ3) is 1.94. The van der Waals surface area contributed by atoms with E-state index in [-0.39, 0.29) is 11.9 Å². The Bertz CT molecular complexity index is 445. The fraction of sp³-hybridized carbons (Fsp3) is 0.417. The van der Waals surface area contributed by atoms with Gasteiger partial charge in [-0.3, -0.25) is 4.79 Å². The average molecular weight is 283 g/mol. The fourth-order valence-electron chi connectivity index (χ4n) is 2.03. The highest BCUT2D eigenvalue weighted by Gasteiger charge is 2.24. The molecule has 1 heterocycles. The normalized spacial score (nSPS) is 20.1. The molecule has 0 bridgehead atoms. The molecule has 0 spiro atoms. The van der Waals surface area contributed by atoms with Crippen LogP contribution in [-0.4, -0.2) is 19.0 Å². The summed E-state index contributed by atoms with van der Waals surface area (Å²) in [7, 11) is 1.82. The van der Waals surface area contributed by atoms with Crippen molar-refractivity contribution in [2.75, 3.05) is 17.3 Å². The van der Waals surface area contributed by atoms with E-state index in [1.54, 1.807) is 4.90 Å². The first-order valence-electron chi connectivity index (χ1n) is 5.32. The van der Waals surface area contributed by atoms with Crippen molar-refractivity contribution in [1.82, 2.24) is 0 Å². The summed E-state index contributed by atoms with van der Waals surface area (Å²) < 4.78 is 0.958. The van der Waals surface area contributed by atoms with E-state index in [0.717, 1.165) is 15.8 Å². The molecule has 16 heavy (non-hydrogen) atoms. The SMILES string of the molecule is Cc1cc(Br)c2c(c1)NC(C)CC(=O)N2C. The van der Waals surface area contributed by atoms with E-state index in [0.29, 0.717) is 6.42 Å². The average Bonchev–Trinajstić information content (AvgIpc) is 2.24. The minimum absolute atomic E-state index is 0.142. The van der Waals surface area contributed by atoms with Crippen LogP contribution in [0.4, 0.5) is 11.4 Å². The van der Waals surface area contributed by atoms with Gasteiger partial charge in [0.25, 0.3) is 0 Å². The van der Waals surface area contributed by atoms with Crippen molar-refractivity contribution in [2.45, 2.75) is 26.3 Å². The molecule has 1 aromatic carbocycles. The van der Waals surface area contributed by atoms with Crippen molar-refractivity contribution in [3.8, 4) is 0 Å². The second-order valence-corrected chi connectivity index (χ2v) is 5.20. The molecule has 0 saturated carbocycles. The molecule has 1 aromatic rings. The Hall–Kier alpha value is -1.03. The topological polar surface area (TPSA) is 32.3 Å². The van der Waals surface area contributed by atoms with Crippen LogP contribution >= 0.6 is 15.9 Å². The summed E-state index contributed by atoms with van der Waals surface area (Å²) in [6, 6.07) is 4.27. The molecule has 1 N–H and O–H groups in total. The van der Waals surface area contributed by atoms with Crippen LogP contribution in [0.25, 0.3) is 0 Å². The summed E-state index contributed by atoms with van der Waals surface area (Å²) in [6.45, 7) is 4.07. The third-order valence-electron chi connectivity index (χ3n) is 2.80. The van der Waals surface area contributed by atoms with E-state index in [4.69, 9.17) is 0 Å². The van der Waals surface area contributed by atoms with E-state index in [2.05, 4.69) is 27.3 Å². The molecule has 0 aliphatic carbocycles. The van der Waals surface area contributed by atoms with E-state index < -0.39 is 0 Å². The number of hydrogen-bond donors (Lipinski definition) is 1. The van der Waals surface area contributed by atoms with Crippen LogP contribution in [0.2, 0.25) is 0 Å². The zero-order valence-electron chi connectivity index (χ0n) is 9.67. The Labute approximate surface area is 104 Å². The highest BCUT2D eigenvalue weighted by atomic mass is 79.9. The minimum Gasteiger partial charge on any atom is -0.380 e. The molecule has 1 amide bonds. The molecular weight excluding hydrogens is 268 g/mol. The van der Waals surface area contributed by atoms with Crippen LogP contribution in [0.1, 0.15) is 18.9 Å². The highest BCUT2D eigenvalue weighted by molar-refractivity contribution is 9.10. The number of aryl methyl sites for hydroxylation is 1. The first-order valence-corrected chi connectivity index (χ1v) is 6.11. The van der Waals surface area contributed by atoms with Gasteiger partial charge in [0.1, 0.15) is 0 Å². The van der Waals surface area contributed by atoms with Gasteiger partial charge in [0.2, 0.25) is 5.91 Å². The van der Waals surface area contributed by atoms with Gasteiger partial charge in [0, 0.05) is 24.0 Å². The van der Waals surface area contributed by atoms with Gasteiger partial charge < -0.3 is 10.2 Å². The zero-order valence-corrected chi connectivity index (χ0v) is 11.3. The van der Waals surface area contributed by atoms with E-state index in [1.807, 2.05) is 27.0 Å². The van der Waals surface area contributed by atoms with E-state index in [9.17, 15) is 4.79 Å². The lowest BCUT2D eigenvalue weighted by atomic mass is 10.2. The van der Waals surface area contributed by atoms with Gasteiger partial charge in [-0.2, -0.15) is 0 Å². The molecule has 4 heteroatoms. The molecule has 3 nitrogen and oxygen atoms in total. The lowest BCUT2D eigenvalue weighted by molar-refractivity contribution is -0.118. The molecule has 86 valence electrons. The molecule has 1 atom stereocenters. The van der Waals surface area contributed by atoms with Crippen molar-refractivity contribution in [2.24, 2.45) is 0 Å².